The quantitative estimate of drug-likeness (QED) is 0.302. The molecule has 0 radical (unpaired) electrons. The fourth-order valence-electron chi connectivity index (χ4n) is 4.99. The number of anilines is 1. The van der Waals surface area contributed by atoms with Crippen LogP contribution in [0.15, 0.2) is 65.7 Å². The zero-order chi connectivity index (χ0) is 23.8. The normalized spacial score (nSPS) is 14.9. The van der Waals surface area contributed by atoms with Crippen molar-refractivity contribution in [1.82, 2.24) is 28.9 Å². The zero-order valence-corrected chi connectivity index (χ0v) is 19.5. The fraction of sp³-hybridized carbons (Fsp3) is 0.308. The third-order valence-electron chi connectivity index (χ3n) is 6.88. The number of fused-ring (bicyclic) bond motifs is 4. The van der Waals surface area contributed by atoms with Crippen molar-refractivity contribution in [2.75, 3.05) is 43.5 Å². The first-order valence-electron chi connectivity index (χ1n) is 12.1. The Balaban J connectivity index is 1.06. The number of piperazine rings is 1. The van der Waals surface area contributed by atoms with Crippen LogP contribution in [-0.4, -0.2) is 61.7 Å². The van der Waals surface area contributed by atoms with Crippen molar-refractivity contribution >= 4 is 33.4 Å². The monoisotopic (exact) mass is 468 g/mol. The summed E-state index contributed by atoms with van der Waals surface area (Å²) in [4.78, 5) is 31.0. The Hall–Kier alpha value is -3.98. The molecule has 6 rings (SSSR count). The van der Waals surface area contributed by atoms with E-state index in [1.807, 2.05) is 6.07 Å². The Morgan fingerprint density at radius 3 is 2.54 bits per heavy atom. The number of nitrogens with zero attached hydrogens (tertiary/aromatic N) is 7. The lowest BCUT2D eigenvalue weighted by Gasteiger charge is -2.35. The van der Waals surface area contributed by atoms with Gasteiger partial charge in [-0.25, -0.2) is 19.6 Å². The number of aryl methyl sites for hydroxylation is 1. The van der Waals surface area contributed by atoms with Gasteiger partial charge in [0.05, 0.1) is 22.1 Å². The van der Waals surface area contributed by atoms with E-state index in [0.717, 1.165) is 72.6 Å². The molecule has 5 aromatic rings. The van der Waals surface area contributed by atoms with Crippen molar-refractivity contribution in [3.8, 4) is 0 Å². The number of para-hydroxylation sites is 2. The van der Waals surface area contributed by atoms with E-state index in [1.165, 1.54) is 0 Å². The summed E-state index contributed by atoms with van der Waals surface area (Å²) in [6.45, 7) is 4.93. The van der Waals surface area contributed by atoms with Gasteiger partial charge >= 0.3 is 0 Å². The summed E-state index contributed by atoms with van der Waals surface area (Å²) in [7, 11) is 0. The molecule has 0 spiro atoms. The molecular weight excluding hydrogens is 440 g/mol. The molecule has 5 heterocycles. The van der Waals surface area contributed by atoms with Gasteiger partial charge < -0.3 is 15.1 Å². The van der Waals surface area contributed by atoms with Gasteiger partial charge in [0, 0.05) is 45.0 Å². The van der Waals surface area contributed by atoms with Crippen molar-refractivity contribution in [3.05, 3.63) is 77.1 Å². The molecule has 1 saturated heterocycles. The molecule has 0 unspecified atom stereocenters. The molecule has 0 amide bonds. The van der Waals surface area contributed by atoms with Gasteiger partial charge in [-0.2, -0.15) is 0 Å². The van der Waals surface area contributed by atoms with Crippen LogP contribution in [0.4, 0.5) is 5.82 Å². The average Bonchev–Trinajstić information content (AvgIpc) is 3.40. The Morgan fingerprint density at radius 1 is 0.857 bits per heavy atom. The summed E-state index contributed by atoms with van der Waals surface area (Å²) in [6, 6.07) is 16.1. The molecule has 1 aliphatic rings. The van der Waals surface area contributed by atoms with Crippen LogP contribution < -0.4 is 16.3 Å². The molecule has 1 aromatic carbocycles. The Bertz CT molecular complexity index is 1560. The summed E-state index contributed by atoms with van der Waals surface area (Å²) in [5.41, 5.74) is 3.93. The second-order valence-electron chi connectivity index (χ2n) is 9.05. The van der Waals surface area contributed by atoms with Gasteiger partial charge in [0.15, 0.2) is 11.3 Å². The number of hydrogen-bond donors (Lipinski definition) is 1. The van der Waals surface area contributed by atoms with Crippen LogP contribution in [0.1, 0.15) is 18.7 Å². The molecule has 0 aliphatic carbocycles. The van der Waals surface area contributed by atoms with E-state index >= 15 is 0 Å². The van der Waals surface area contributed by atoms with Crippen LogP contribution in [0.2, 0.25) is 0 Å². The highest BCUT2D eigenvalue weighted by Crippen LogP contribution is 2.26. The minimum Gasteiger partial charge on any atom is -0.352 e. The molecule has 0 bridgehead atoms. The first kappa shape index (κ1) is 21.5. The van der Waals surface area contributed by atoms with Gasteiger partial charge in [-0.1, -0.05) is 12.1 Å². The highest BCUT2D eigenvalue weighted by atomic mass is 16.1. The van der Waals surface area contributed by atoms with Crippen LogP contribution in [-0.2, 0) is 6.42 Å². The van der Waals surface area contributed by atoms with E-state index in [2.05, 4.69) is 60.7 Å². The lowest BCUT2D eigenvalue weighted by atomic mass is 10.2. The first-order valence-corrected chi connectivity index (χ1v) is 12.1. The van der Waals surface area contributed by atoms with Crippen LogP contribution in [0, 0.1) is 0 Å². The van der Waals surface area contributed by atoms with Crippen LogP contribution in [0.3, 0.4) is 0 Å². The van der Waals surface area contributed by atoms with Gasteiger partial charge in [-0.15, -0.1) is 0 Å². The van der Waals surface area contributed by atoms with Crippen LogP contribution in [0.5, 0.6) is 0 Å². The van der Waals surface area contributed by atoms with Gasteiger partial charge in [0.2, 0.25) is 0 Å². The molecule has 1 aliphatic heterocycles. The van der Waals surface area contributed by atoms with Crippen molar-refractivity contribution in [3.63, 3.8) is 0 Å². The summed E-state index contributed by atoms with van der Waals surface area (Å²) in [5.74, 6) is 7.66. The maximum Gasteiger partial charge on any atom is 0.298 e. The molecule has 0 atom stereocenters. The van der Waals surface area contributed by atoms with E-state index in [-0.39, 0.29) is 5.56 Å². The summed E-state index contributed by atoms with van der Waals surface area (Å²) >= 11 is 0. The number of hydrogen-bond acceptors (Lipinski definition) is 7. The van der Waals surface area contributed by atoms with Crippen molar-refractivity contribution < 1.29 is 0 Å². The minimum atomic E-state index is -0.291. The summed E-state index contributed by atoms with van der Waals surface area (Å²) in [5, 5.41) is 0. The summed E-state index contributed by atoms with van der Waals surface area (Å²) < 4.78 is 3.38. The summed E-state index contributed by atoms with van der Waals surface area (Å²) in [6.07, 6.45) is 6.32. The fourth-order valence-corrected chi connectivity index (χ4v) is 4.99. The molecule has 9 heteroatoms. The molecular formula is C26H28N8O. The number of benzene rings is 1. The van der Waals surface area contributed by atoms with Crippen molar-refractivity contribution in [2.24, 2.45) is 0 Å². The smallest absolute Gasteiger partial charge is 0.298 e. The maximum absolute atomic E-state index is 12.4. The number of rotatable bonds is 6. The number of nitrogen functional groups attached to an aromatic ring is 1. The second-order valence-corrected chi connectivity index (χ2v) is 9.05. The third-order valence-corrected chi connectivity index (χ3v) is 6.88. The van der Waals surface area contributed by atoms with Crippen LogP contribution in [0.25, 0.3) is 27.6 Å². The van der Waals surface area contributed by atoms with E-state index in [9.17, 15) is 4.79 Å². The molecule has 2 N–H and O–H groups in total. The molecule has 0 saturated carbocycles. The van der Waals surface area contributed by atoms with Gasteiger partial charge in [-0.3, -0.25) is 9.69 Å². The topological polar surface area (TPSA) is 97.6 Å². The second kappa shape index (κ2) is 8.99. The molecule has 178 valence electrons. The van der Waals surface area contributed by atoms with Crippen molar-refractivity contribution in [2.45, 2.75) is 19.3 Å². The largest absolute Gasteiger partial charge is 0.352 e. The third kappa shape index (κ3) is 3.97. The molecule has 1 fully saturated rings. The minimum absolute atomic E-state index is 0.291. The maximum atomic E-state index is 12.4. The van der Waals surface area contributed by atoms with E-state index in [0.29, 0.717) is 23.3 Å². The molecule has 4 aromatic heterocycles. The number of pyridine rings is 1. The predicted molar refractivity (Wildman–Crippen MR) is 138 cm³/mol. The van der Waals surface area contributed by atoms with Gasteiger partial charge in [0.25, 0.3) is 5.56 Å². The van der Waals surface area contributed by atoms with E-state index in [4.69, 9.17) is 10.8 Å². The number of unbranched alkanes of at least 4 members (excludes halogenated alkanes) is 1. The predicted octanol–water partition coefficient (Wildman–Crippen LogP) is 2.45. The SMILES string of the molecule is Nn1c(CCCCN2CCN(c3nc4ccccc4n4cccc34)CC2)nc2cccnc2c1=O. The first-order chi connectivity index (χ1) is 17.2. The number of aromatic nitrogens is 5. The van der Waals surface area contributed by atoms with E-state index in [1.54, 1.807) is 18.3 Å². The molecule has 35 heavy (non-hydrogen) atoms. The highest BCUT2D eigenvalue weighted by molar-refractivity contribution is 5.85. The lowest BCUT2D eigenvalue weighted by molar-refractivity contribution is 0.252. The average molecular weight is 469 g/mol. The number of nitrogens with two attached hydrogens (primary N) is 1. The lowest BCUT2D eigenvalue weighted by Crippen LogP contribution is -2.47. The zero-order valence-electron chi connectivity index (χ0n) is 19.5. The van der Waals surface area contributed by atoms with Gasteiger partial charge in [-0.05, 0) is 55.8 Å². The van der Waals surface area contributed by atoms with E-state index < -0.39 is 0 Å². The Morgan fingerprint density at radius 2 is 1.66 bits per heavy atom. The Labute approximate surface area is 202 Å². The highest BCUT2D eigenvalue weighted by Gasteiger charge is 2.21. The van der Waals surface area contributed by atoms with Gasteiger partial charge in [0.1, 0.15) is 5.82 Å². The van der Waals surface area contributed by atoms with Crippen molar-refractivity contribution in [1.29, 1.82) is 0 Å². The standard InChI is InChI=1S/C26H28N8O/c27-34-23(29-20-8-5-12-28-24(20)26(34)35)11-3-4-13-31-15-17-32(18-16-31)25-22-10-6-14-33(22)21-9-2-1-7-19(21)30-25/h1-2,5-10,12,14H,3-4,11,13,15-18,27H2. The Kier molecular flexibility index (Phi) is 5.54. The molecule has 9 nitrogen and oxygen atoms in total. The van der Waals surface area contributed by atoms with Crippen LogP contribution >= 0.6 is 0 Å².